The van der Waals surface area contributed by atoms with Crippen LogP contribution in [0.4, 0.5) is 0 Å². The first kappa shape index (κ1) is 14.4. The Bertz CT molecular complexity index is 202. The van der Waals surface area contributed by atoms with E-state index in [1.807, 2.05) is 27.7 Å². The van der Waals surface area contributed by atoms with Gasteiger partial charge in [-0.25, -0.2) is 0 Å². The molecule has 0 aliphatic heterocycles. The van der Waals surface area contributed by atoms with Crippen molar-refractivity contribution in [2.24, 2.45) is 11.3 Å². The van der Waals surface area contributed by atoms with Gasteiger partial charge in [-0.2, -0.15) is 0 Å². The summed E-state index contributed by atoms with van der Waals surface area (Å²) in [5.74, 6) is -0.0206. The molecular weight excluding hydrogens is 194 g/mol. The molecule has 0 spiro atoms. The second-order valence-electron chi connectivity index (χ2n) is 4.82. The number of carbonyl (C=O) groups excluding carboxylic acids is 1. The van der Waals surface area contributed by atoms with Crippen LogP contribution in [0.5, 0.6) is 0 Å². The molecule has 0 saturated carbocycles. The number of hydrogen-bond donors (Lipinski definition) is 2. The van der Waals surface area contributed by atoms with Crippen LogP contribution in [0.1, 0.15) is 27.7 Å². The molecule has 4 heteroatoms. The van der Waals surface area contributed by atoms with Crippen LogP contribution in [0, 0.1) is 11.3 Å². The van der Waals surface area contributed by atoms with Crippen LogP contribution in [-0.2, 0) is 9.53 Å². The molecule has 0 fully saturated rings. The Morgan fingerprint density at radius 2 is 2.00 bits per heavy atom. The summed E-state index contributed by atoms with van der Waals surface area (Å²) in [6, 6.07) is 0. The number of esters is 1. The highest BCUT2D eigenvalue weighted by Crippen LogP contribution is 2.15. The molecule has 1 unspecified atom stereocenters. The zero-order chi connectivity index (χ0) is 12.1. The molecule has 4 nitrogen and oxygen atoms in total. The average Bonchev–Trinajstić information content (AvgIpc) is 2.15. The summed E-state index contributed by atoms with van der Waals surface area (Å²) in [6.07, 6.45) is -0.376. The average molecular weight is 217 g/mol. The molecule has 0 heterocycles. The van der Waals surface area contributed by atoms with Gasteiger partial charge in [0.1, 0.15) is 0 Å². The monoisotopic (exact) mass is 217 g/mol. The van der Waals surface area contributed by atoms with Crippen molar-refractivity contribution >= 4 is 5.97 Å². The molecule has 0 aliphatic carbocycles. The molecule has 0 amide bonds. The molecule has 0 aliphatic rings. The highest BCUT2D eigenvalue weighted by atomic mass is 16.5. The van der Waals surface area contributed by atoms with Crippen LogP contribution in [0.15, 0.2) is 0 Å². The maximum absolute atomic E-state index is 11.3. The third kappa shape index (κ3) is 5.14. The van der Waals surface area contributed by atoms with Gasteiger partial charge in [-0.3, -0.25) is 4.79 Å². The van der Waals surface area contributed by atoms with Gasteiger partial charge in [0.2, 0.25) is 0 Å². The van der Waals surface area contributed by atoms with Crippen LogP contribution >= 0.6 is 0 Å². The minimum Gasteiger partial charge on any atom is -0.469 e. The number of aliphatic hydroxyl groups excluding tert-OH is 1. The molecule has 0 aromatic heterocycles. The number of ether oxygens (including phenoxy) is 1. The molecule has 0 bridgehead atoms. The first-order valence-electron chi connectivity index (χ1n) is 5.28. The SMILES string of the molecule is COC(=O)C(C)(C)CNCC(O)C(C)C. The standard InChI is InChI=1S/C11H23NO3/c1-8(2)9(13)6-12-7-11(3,4)10(14)15-5/h8-9,12-13H,6-7H2,1-5H3. The maximum atomic E-state index is 11.3. The molecular formula is C11H23NO3. The van der Waals surface area contributed by atoms with Crippen molar-refractivity contribution in [1.82, 2.24) is 5.32 Å². The van der Waals surface area contributed by atoms with E-state index < -0.39 is 5.41 Å². The number of aliphatic hydroxyl groups is 1. The van der Waals surface area contributed by atoms with Gasteiger partial charge in [0.25, 0.3) is 0 Å². The highest BCUT2D eigenvalue weighted by Gasteiger charge is 2.28. The summed E-state index contributed by atoms with van der Waals surface area (Å²) in [5.41, 5.74) is -0.550. The van der Waals surface area contributed by atoms with E-state index in [0.29, 0.717) is 13.1 Å². The molecule has 2 N–H and O–H groups in total. The van der Waals surface area contributed by atoms with Gasteiger partial charge < -0.3 is 15.2 Å². The zero-order valence-electron chi connectivity index (χ0n) is 10.3. The fourth-order valence-electron chi connectivity index (χ4n) is 1.12. The Morgan fingerprint density at radius 1 is 1.47 bits per heavy atom. The summed E-state index contributed by atoms with van der Waals surface area (Å²) in [5, 5.41) is 12.6. The Balaban J connectivity index is 3.90. The molecule has 90 valence electrons. The van der Waals surface area contributed by atoms with Crippen molar-refractivity contribution < 1.29 is 14.6 Å². The lowest BCUT2D eigenvalue weighted by Crippen LogP contribution is -2.40. The van der Waals surface area contributed by atoms with Gasteiger partial charge >= 0.3 is 5.97 Å². The lowest BCUT2D eigenvalue weighted by atomic mass is 9.93. The van der Waals surface area contributed by atoms with Crippen molar-refractivity contribution in [3.8, 4) is 0 Å². The van der Waals surface area contributed by atoms with E-state index in [4.69, 9.17) is 0 Å². The summed E-state index contributed by atoms with van der Waals surface area (Å²) in [6.45, 7) is 8.54. The van der Waals surface area contributed by atoms with Crippen LogP contribution in [-0.4, -0.2) is 37.4 Å². The molecule has 0 aromatic rings. The minimum absolute atomic E-state index is 0.221. The number of carbonyl (C=O) groups is 1. The predicted molar refractivity (Wildman–Crippen MR) is 59.5 cm³/mol. The smallest absolute Gasteiger partial charge is 0.312 e. The van der Waals surface area contributed by atoms with E-state index in [1.54, 1.807) is 0 Å². The van der Waals surface area contributed by atoms with Crippen LogP contribution in [0.25, 0.3) is 0 Å². The first-order chi connectivity index (χ1) is 6.81. The quantitative estimate of drug-likeness (QED) is 0.646. The van der Waals surface area contributed by atoms with Crippen molar-refractivity contribution in [1.29, 1.82) is 0 Å². The topological polar surface area (TPSA) is 58.6 Å². The summed E-state index contributed by atoms with van der Waals surface area (Å²) in [4.78, 5) is 11.3. The molecule has 0 saturated heterocycles. The van der Waals surface area contributed by atoms with Gasteiger partial charge in [0.05, 0.1) is 18.6 Å². The van der Waals surface area contributed by atoms with E-state index >= 15 is 0 Å². The number of hydrogen-bond acceptors (Lipinski definition) is 4. The fourth-order valence-corrected chi connectivity index (χ4v) is 1.12. The van der Waals surface area contributed by atoms with Gasteiger partial charge in [0.15, 0.2) is 0 Å². The largest absolute Gasteiger partial charge is 0.469 e. The van der Waals surface area contributed by atoms with Crippen molar-refractivity contribution in [2.45, 2.75) is 33.8 Å². The Kier molecular flexibility index (Phi) is 5.83. The second-order valence-corrected chi connectivity index (χ2v) is 4.82. The molecule has 0 rings (SSSR count). The van der Waals surface area contributed by atoms with Crippen molar-refractivity contribution in [3.63, 3.8) is 0 Å². The Labute approximate surface area is 92.0 Å². The summed E-state index contributed by atoms with van der Waals surface area (Å²) < 4.78 is 4.68. The van der Waals surface area contributed by atoms with E-state index in [9.17, 15) is 9.90 Å². The van der Waals surface area contributed by atoms with Gasteiger partial charge in [-0.15, -0.1) is 0 Å². The van der Waals surface area contributed by atoms with Crippen LogP contribution < -0.4 is 5.32 Å². The van der Waals surface area contributed by atoms with E-state index in [1.165, 1.54) is 7.11 Å². The molecule has 0 aromatic carbocycles. The summed E-state index contributed by atoms with van der Waals surface area (Å²) in [7, 11) is 1.38. The fraction of sp³-hybridized carbons (Fsp3) is 0.909. The van der Waals surface area contributed by atoms with Crippen LogP contribution in [0.2, 0.25) is 0 Å². The molecule has 15 heavy (non-hydrogen) atoms. The van der Waals surface area contributed by atoms with Crippen LogP contribution in [0.3, 0.4) is 0 Å². The first-order valence-corrected chi connectivity index (χ1v) is 5.28. The van der Waals surface area contributed by atoms with E-state index in [2.05, 4.69) is 10.1 Å². The lowest BCUT2D eigenvalue weighted by Gasteiger charge is -2.23. The maximum Gasteiger partial charge on any atom is 0.312 e. The van der Waals surface area contributed by atoms with Gasteiger partial charge in [0, 0.05) is 13.1 Å². The second kappa shape index (κ2) is 6.08. The minimum atomic E-state index is -0.550. The zero-order valence-corrected chi connectivity index (χ0v) is 10.3. The number of methoxy groups -OCH3 is 1. The van der Waals surface area contributed by atoms with Gasteiger partial charge in [-0.1, -0.05) is 13.8 Å². The van der Waals surface area contributed by atoms with E-state index in [0.717, 1.165) is 0 Å². The number of rotatable bonds is 6. The Morgan fingerprint density at radius 3 is 2.40 bits per heavy atom. The predicted octanol–water partition coefficient (Wildman–Crippen LogP) is 0.792. The van der Waals surface area contributed by atoms with E-state index in [-0.39, 0.29) is 18.0 Å². The lowest BCUT2D eigenvalue weighted by molar-refractivity contribution is -0.150. The normalized spacial score (nSPS) is 14.1. The summed E-state index contributed by atoms with van der Waals surface area (Å²) >= 11 is 0. The third-order valence-corrected chi connectivity index (χ3v) is 2.43. The Hall–Kier alpha value is -0.610. The molecule has 0 radical (unpaired) electrons. The third-order valence-electron chi connectivity index (χ3n) is 2.43. The van der Waals surface area contributed by atoms with Crippen molar-refractivity contribution in [3.05, 3.63) is 0 Å². The highest BCUT2D eigenvalue weighted by molar-refractivity contribution is 5.76. The number of nitrogens with one attached hydrogen (secondary N) is 1. The van der Waals surface area contributed by atoms with Gasteiger partial charge in [-0.05, 0) is 19.8 Å². The molecule has 1 atom stereocenters. The van der Waals surface area contributed by atoms with Crippen molar-refractivity contribution in [2.75, 3.05) is 20.2 Å².